The summed E-state index contributed by atoms with van der Waals surface area (Å²) in [6.07, 6.45) is 0. The summed E-state index contributed by atoms with van der Waals surface area (Å²) in [4.78, 5) is 0. The van der Waals surface area contributed by atoms with Crippen LogP contribution in [0.3, 0.4) is 0 Å². The van der Waals surface area contributed by atoms with E-state index in [2.05, 4.69) is 58.1 Å². The Balaban J connectivity index is 2.80. The Morgan fingerprint density at radius 1 is 1.06 bits per heavy atom. The predicted molar refractivity (Wildman–Crippen MR) is 73.9 cm³/mol. The molecule has 1 aromatic carbocycles. The first-order chi connectivity index (χ1) is 7.26. The standard InChI is InChI=1S/C14H24OSi/c1-14(2,3)16(5,6)11-12-7-9-13(15-4)10-8-12/h7-10H,11H2,1-6H3. The molecular weight excluding hydrogens is 212 g/mol. The number of ether oxygens (including phenoxy) is 1. The van der Waals surface area contributed by atoms with Gasteiger partial charge in [0.2, 0.25) is 0 Å². The molecule has 0 unspecified atom stereocenters. The minimum absolute atomic E-state index is 0.451. The van der Waals surface area contributed by atoms with Gasteiger partial charge in [-0.05, 0) is 23.2 Å². The van der Waals surface area contributed by atoms with Crippen molar-refractivity contribution < 1.29 is 4.74 Å². The summed E-state index contributed by atoms with van der Waals surface area (Å²) < 4.78 is 5.18. The van der Waals surface area contributed by atoms with Crippen LogP contribution in [0.4, 0.5) is 0 Å². The third-order valence-electron chi connectivity index (χ3n) is 3.84. The predicted octanol–water partition coefficient (Wildman–Crippen LogP) is 4.29. The summed E-state index contributed by atoms with van der Waals surface area (Å²) >= 11 is 0. The second-order valence-corrected chi connectivity index (χ2v) is 11.8. The Bertz CT molecular complexity index is 333. The molecule has 0 aliphatic heterocycles. The lowest BCUT2D eigenvalue weighted by atomic mass is 10.2. The molecule has 16 heavy (non-hydrogen) atoms. The molecule has 0 N–H and O–H groups in total. The van der Waals surface area contributed by atoms with E-state index in [1.54, 1.807) is 7.11 Å². The van der Waals surface area contributed by atoms with Crippen LogP contribution in [0.1, 0.15) is 26.3 Å². The molecule has 0 atom stereocenters. The highest BCUT2D eigenvalue weighted by Crippen LogP contribution is 2.38. The molecule has 90 valence electrons. The highest BCUT2D eigenvalue weighted by molar-refractivity contribution is 6.79. The van der Waals surface area contributed by atoms with Crippen LogP contribution >= 0.6 is 0 Å². The molecule has 1 nitrogen and oxygen atoms in total. The average Bonchev–Trinajstić information content (AvgIpc) is 2.16. The fraction of sp³-hybridized carbons (Fsp3) is 0.571. The maximum Gasteiger partial charge on any atom is 0.118 e. The summed E-state index contributed by atoms with van der Waals surface area (Å²) in [5.41, 5.74) is 1.44. The minimum atomic E-state index is -1.21. The number of rotatable bonds is 3. The second kappa shape index (κ2) is 4.62. The van der Waals surface area contributed by atoms with E-state index in [0.717, 1.165) is 5.75 Å². The molecule has 0 heterocycles. The molecule has 0 aliphatic carbocycles. The van der Waals surface area contributed by atoms with E-state index in [1.807, 2.05) is 0 Å². The maximum atomic E-state index is 5.18. The van der Waals surface area contributed by atoms with Gasteiger partial charge in [0.05, 0.1) is 15.2 Å². The van der Waals surface area contributed by atoms with Gasteiger partial charge in [-0.3, -0.25) is 0 Å². The Morgan fingerprint density at radius 3 is 1.94 bits per heavy atom. The van der Waals surface area contributed by atoms with Crippen molar-refractivity contribution in [3.63, 3.8) is 0 Å². The number of hydrogen-bond donors (Lipinski definition) is 0. The molecule has 0 spiro atoms. The molecule has 0 aromatic heterocycles. The highest BCUT2D eigenvalue weighted by atomic mass is 28.3. The fourth-order valence-corrected chi connectivity index (χ4v) is 3.31. The van der Waals surface area contributed by atoms with E-state index in [0.29, 0.717) is 5.04 Å². The van der Waals surface area contributed by atoms with Crippen molar-refractivity contribution >= 4 is 8.07 Å². The van der Waals surface area contributed by atoms with Gasteiger partial charge in [-0.1, -0.05) is 51.6 Å². The van der Waals surface area contributed by atoms with Crippen LogP contribution in [-0.4, -0.2) is 15.2 Å². The van der Waals surface area contributed by atoms with Crippen LogP contribution in [0.25, 0.3) is 0 Å². The third kappa shape index (κ3) is 3.11. The molecule has 0 aliphatic rings. The number of hydrogen-bond acceptors (Lipinski definition) is 1. The van der Waals surface area contributed by atoms with E-state index in [1.165, 1.54) is 11.6 Å². The van der Waals surface area contributed by atoms with Crippen molar-refractivity contribution in [2.75, 3.05) is 7.11 Å². The monoisotopic (exact) mass is 236 g/mol. The van der Waals surface area contributed by atoms with Gasteiger partial charge >= 0.3 is 0 Å². The Labute approximate surface area is 101 Å². The Morgan fingerprint density at radius 2 is 1.56 bits per heavy atom. The summed E-state index contributed by atoms with van der Waals surface area (Å²) in [7, 11) is 0.497. The Hall–Kier alpha value is -0.763. The van der Waals surface area contributed by atoms with Gasteiger partial charge in [0.15, 0.2) is 0 Å². The summed E-state index contributed by atoms with van der Waals surface area (Å²) in [5.74, 6) is 0.944. The molecule has 0 saturated heterocycles. The summed E-state index contributed by atoms with van der Waals surface area (Å²) in [5, 5.41) is 0.451. The lowest BCUT2D eigenvalue weighted by Gasteiger charge is -2.37. The minimum Gasteiger partial charge on any atom is -0.497 e. The van der Waals surface area contributed by atoms with Gasteiger partial charge in [0.25, 0.3) is 0 Å². The van der Waals surface area contributed by atoms with E-state index in [4.69, 9.17) is 4.74 Å². The van der Waals surface area contributed by atoms with Gasteiger partial charge in [-0.25, -0.2) is 0 Å². The molecular formula is C14H24OSi. The molecule has 0 bridgehead atoms. The molecule has 0 saturated carbocycles. The van der Waals surface area contributed by atoms with Gasteiger partial charge < -0.3 is 4.74 Å². The second-order valence-electron chi connectivity index (χ2n) is 6.16. The molecule has 0 amide bonds. The lowest BCUT2D eigenvalue weighted by Crippen LogP contribution is -2.39. The van der Waals surface area contributed by atoms with Gasteiger partial charge in [-0.15, -0.1) is 0 Å². The molecule has 1 aromatic rings. The van der Waals surface area contributed by atoms with Crippen LogP contribution in [-0.2, 0) is 6.04 Å². The van der Waals surface area contributed by atoms with Crippen molar-refractivity contribution in [1.82, 2.24) is 0 Å². The van der Waals surface area contributed by atoms with Gasteiger partial charge in [-0.2, -0.15) is 0 Å². The SMILES string of the molecule is COc1ccc(C[Si](C)(C)C(C)(C)C)cc1. The Kier molecular flexibility index (Phi) is 3.84. The fourth-order valence-electron chi connectivity index (χ4n) is 1.52. The zero-order chi connectivity index (χ0) is 12.4. The first-order valence-electron chi connectivity index (χ1n) is 5.89. The largest absolute Gasteiger partial charge is 0.497 e. The van der Waals surface area contributed by atoms with Crippen LogP contribution < -0.4 is 4.74 Å². The number of methoxy groups -OCH3 is 1. The quantitative estimate of drug-likeness (QED) is 0.712. The molecule has 0 radical (unpaired) electrons. The van der Waals surface area contributed by atoms with E-state index in [9.17, 15) is 0 Å². The molecule has 2 heteroatoms. The summed E-state index contributed by atoms with van der Waals surface area (Å²) in [6.45, 7) is 12.0. The van der Waals surface area contributed by atoms with Crippen LogP contribution in [0.15, 0.2) is 24.3 Å². The van der Waals surface area contributed by atoms with Crippen LogP contribution in [0.5, 0.6) is 5.75 Å². The van der Waals surface area contributed by atoms with Crippen molar-refractivity contribution in [2.45, 2.75) is 44.9 Å². The van der Waals surface area contributed by atoms with Crippen molar-refractivity contribution in [2.24, 2.45) is 0 Å². The maximum absolute atomic E-state index is 5.18. The van der Waals surface area contributed by atoms with Crippen molar-refractivity contribution in [3.05, 3.63) is 29.8 Å². The zero-order valence-electron chi connectivity index (χ0n) is 11.4. The normalized spacial score (nSPS) is 12.6. The highest BCUT2D eigenvalue weighted by Gasteiger charge is 2.34. The number of benzene rings is 1. The topological polar surface area (TPSA) is 9.23 Å². The first kappa shape index (κ1) is 13.3. The smallest absolute Gasteiger partial charge is 0.118 e. The summed E-state index contributed by atoms with van der Waals surface area (Å²) in [6, 6.07) is 9.74. The van der Waals surface area contributed by atoms with E-state index in [-0.39, 0.29) is 0 Å². The van der Waals surface area contributed by atoms with Crippen molar-refractivity contribution in [3.8, 4) is 5.75 Å². The zero-order valence-corrected chi connectivity index (χ0v) is 12.4. The molecule has 0 fully saturated rings. The first-order valence-corrected chi connectivity index (χ1v) is 9.10. The van der Waals surface area contributed by atoms with Gasteiger partial charge in [0, 0.05) is 0 Å². The molecule has 1 rings (SSSR count). The van der Waals surface area contributed by atoms with Gasteiger partial charge in [0.1, 0.15) is 5.75 Å². The average molecular weight is 236 g/mol. The van der Waals surface area contributed by atoms with E-state index >= 15 is 0 Å². The van der Waals surface area contributed by atoms with Crippen molar-refractivity contribution in [1.29, 1.82) is 0 Å². The third-order valence-corrected chi connectivity index (χ3v) is 9.19. The van der Waals surface area contributed by atoms with Crippen LogP contribution in [0, 0.1) is 0 Å². The van der Waals surface area contributed by atoms with Crippen LogP contribution in [0.2, 0.25) is 18.1 Å². The van der Waals surface area contributed by atoms with E-state index < -0.39 is 8.07 Å². The lowest BCUT2D eigenvalue weighted by molar-refractivity contribution is 0.414.